The Morgan fingerprint density at radius 3 is 2.30 bits per heavy atom. The summed E-state index contributed by atoms with van der Waals surface area (Å²) in [5.41, 5.74) is 0.929. The highest BCUT2D eigenvalue weighted by atomic mass is 16.3. The lowest BCUT2D eigenvalue weighted by Gasteiger charge is -2.33. The number of phenols is 1. The third-order valence-corrected chi connectivity index (χ3v) is 4.17. The quantitative estimate of drug-likeness (QED) is 0.768. The van der Waals surface area contributed by atoms with Crippen LogP contribution in [0.25, 0.3) is 0 Å². The Hall–Kier alpha value is -2.33. The second-order valence-electron chi connectivity index (χ2n) is 6.34. The molecular weight excluding hydrogens is 290 g/mol. The summed E-state index contributed by atoms with van der Waals surface area (Å²) < 4.78 is 0. The summed E-state index contributed by atoms with van der Waals surface area (Å²) in [6.45, 7) is 4.33. The Morgan fingerprint density at radius 2 is 1.70 bits per heavy atom. The van der Waals surface area contributed by atoms with Crippen molar-refractivity contribution >= 4 is 5.91 Å². The molecule has 0 aliphatic heterocycles. The number of rotatable bonds is 6. The molecule has 0 aliphatic rings. The lowest BCUT2D eigenvalue weighted by atomic mass is 9.75. The van der Waals surface area contributed by atoms with E-state index in [4.69, 9.17) is 0 Å². The molecule has 0 radical (unpaired) electrons. The summed E-state index contributed by atoms with van der Waals surface area (Å²) in [7, 11) is 0. The van der Waals surface area contributed by atoms with E-state index >= 15 is 0 Å². The third-order valence-electron chi connectivity index (χ3n) is 4.17. The SMILES string of the molecule is CC(C)(CO)C(CNC(=O)c1ccccc1O)c1ccccc1. The number of hydrogen-bond acceptors (Lipinski definition) is 3. The van der Waals surface area contributed by atoms with Gasteiger partial charge in [-0.1, -0.05) is 56.3 Å². The predicted molar refractivity (Wildman–Crippen MR) is 90.5 cm³/mol. The second kappa shape index (κ2) is 7.29. The second-order valence-corrected chi connectivity index (χ2v) is 6.34. The molecule has 1 unspecified atom stereocenters. The number of para-hydroxylation sites is 1. The van der Waals surface area contributed by atoms with Crippen LogP contribution in [0.15, 0.2) is 54.6 Å². The molecule has 1 amide bonds. The Balaban J connectivity index is 2.16. The summed E-state index contributed by atoms with van der Waals surface area (Å²) in [5, 5.41) is 22.3. The molecule has 0 saturated carbocycles. The third kappa shape index (κ3) is 4.11. The molecule has 0 fully saturated rings. The molecule has 2 aromatic rings. The monoisotopic (exact) mass is 313 g/mol. The molecule has 0 aromatic heterocycles. The van der Waals surface area contributed by atoms with E-state index in [0.29, 0.717) is 6.54 Å². The van der Waals surface area contributed by atoms with Crippen LogP contribution in [0.1, 0.15) is 35.7 Å². The number of hydrogen-bond donors (Lipinski definition) is 3. The Labute approximate surface area is 136 Å². The largest absolute Gasteiger partial charge is 0.507 e. The zero-order chi connectivity index (χ0) is 16.9. The number of phenolic OH excluding ortho intramolecular Hbond substituents is 1. The van der Waals surface area contributed by atoms with Crippen LogP contribution in [-0.4, -0.2) is 29.3 Å². The Morgan fingerprint density at radius 1 is 1.09 bits per heavy atom. The minimum atomic E-state index is -0.382. The van der Waals surface area contributed by atoms with Crippen LogP contribution in [0.4, 0.5) is 0 Å². The van der Waals surface area contributed by atoms with E-state index in [1.54, 1.807) is 18.2 Å². The molecule has 0 spiro atoms. The fourth-order valence-electron chi connectivity index (χ4n) is 2.60. The molecule has 4 nitrogen and oxygen atoms in total. The molecule has 2 rings (SSSR count). The molecule has 23 heavy (non-hydrogen) atoms. The van der Waals surface area contributed by atoms with Gasteiger partial charge in [-0.15, -0.1) is 0 Å². The lowest BCUT2D eigenvalue weighted by molar-refractivity contribution is 0.0917. The van der Waals surface area contributed by atoms with Crippen molar-refractivity contribution in [3.63, 3.8) is 0 Å². The molecule has 3 N–H and O–H groups in total. The first kappa shape index (κ1) is 17.0. The highest BCUT2D eigenvalue weighted by Gasteiger charge is 2.30. The average Bonchev–Trinajstić information content (AvgIpc) is 2.56. The van der Waals surface area contributed by atoms with E-state index < -0.39 is 0 Å². The number of nitrogens with one attached hydrogen (secondary N) is 1. The zero-order valence-electron chi connectivity index (χ0n) is 13.5. The van der Waals surface area contributed by atoms with Crippen LogP contribution in [0.5, 0.6) is 5.75 Å². The summed E-state index contributed by atoms with van der Waals surface area (Å²) in [5.74, 6) is -0.399. The maximum Gasteiger partial charge on any atom is 0.255 e. The maximum atomic E-state index is 12.3. The smallest absolute Gasteiger partial charge is 0.255 e. The van der Waals surface area contributed by atoms with Crippen LogP contribution < -0.4 is 5.32 Å². The molecule has 0 bridgehead atoms. The molecule has 2 aromatic carbocycles. The van der Waals surface area contributed by atoms with Crippen LogP contribution in [-0.2, 0) is 0 Å². The van der Waals surface area contributed by atoms with Crippen LogP contribution in [0, 0.1) is 5.41 Å². The molecule has 122 valence electrons. The van der Waals surface area contributed by atoms with Crippen LogP contribution in [0.2, 0.25) is 0 Å². The fraction of sp³-hybridized carbons (Fsp3) is 0.316. The van der Waals surface area contributed by atoms with E-state index in [0.717, 1.165) is 5.56 Å². The molecule has 0 heterocycles. The van der Waals surface area contributed by atoms with Crippen LogP contribution >= 0.6 is 0 Å². The van der Waals surface area contributed by atoms with Gasteiger partial charge in [0.1, 0.15) is 5.75 Å². The number of aromatic hydroxyl groups is 1. The number of amides is 1. The van der Waals surface area contributed by atoms with Gasteiger partial charge in [0, 0.05) is 19.1 Å². The van der Waals surface area contributed by atoms with Gasteiger partial charge in [-0.3, -0.25) is 4.79 Å². The van der Waals surface area contributed by atoms with Gasteiger partial charge in [0.25, 0.3) is 5.91 Å². The minimum Gasteiger partial charge on any atom is -0.507 e. The standard InChI is InChI=1S/C19H23NO3/c1-19(2,13-21)16(14-8-4-3-5-9-14)12-20-18(23)15-10-6-7-11-17(15)22/h3-11,16,21-22H,12-13H2,1-2H3,(H,20,23). The van der Waals surface area contributed by atoms with E-state index in [9.17, 15) is 15.0 Å². The number of aliphatic hydroxyl groups excluding tert-OH is 1. The first-order valence-electron chi connectivity index (χ1n) is 7.67. The summed E-state index contributed by atoms with van der Waals surface area (Å²) in [4.78, 5) is 12.3. The molecule has 4 heteroatoms. The molecular formula is C19H23NO3. The van der Waals surface area contributed by atoms with Gasteiger partial charge >= 0.3 is 0 Å². The zero-order valence-corrected chi connectivity index (χ0v) is 13.5. The van der Waals surface area contributed by atoms with E-state index in [-0.39, 0.29) is 35.2 Å². The molecule has 0 saturated heterocycles. The van der Waals surface area contributed by atoms with Gasteiger partial charge in [-0.05, 0) is 23.1 Å². The minimum absolute atomic E-state index is 0.0129. The van der Waals surface area contributed by atoms with Gasteiger partial charge in [-0.25, -0.2) is 0 Å². The van der Waals surface area contributed by atoms with Crippen LogP contribution in [0.3, 0.4) is 0 Å². The Kier molecular flexibility index (Phi) is 5.40. The Bertz CT molecular complexity index is 653. The number of benzene rings is 2. The van der Waals surface area contributed by atoms with Crippen molar-refractivity contribution < 1.29 is 15.0 Å². The average molecular weight is 313 g/mol. The van der Waals surface area contributed by atoms with Gasteiger partial charge in [0.15, 0.2) is 0 Å². The number of carbonyl (C=O) groups excluding carboxylic acids is 1. The van der Waals surface area contributed by atoms with E-state index in [2.05, 4.69) is 5.32 Å². The van der Waals surface area contributed by atoms with Gasteiger partial charge in [0.2, 0.25) is 0 Å². The first-order valence-corrected chi connectivity index (χ1v) is 7.67. The van der Waals surface area contributed by atoms with E-state index in [1.807, 2.05) is 44.2 Å². The summed E-state index contributed by atoms with van der Waals surface area (Å²) in [6, 6.07) is 16.3. The van der Waals surface area contributed by atoms with Crippen molar-refractivity contribution in [1.82, 2.24) is 5.32 Å². The van der Waals surface area contributed by atoms with E-state index in [1.165, 1.54) is 6.07 Å². The van der Waals surface area contributed by atoms with Gasteiger partial charge in [0.05, 0.1) is 5.56 Å². The molecule has 0 aliphatic carbocycles. The van der Waals surface area contributed by atoms with Crippen molar-refractivity contribution in [2.75, 3.05) is 13.2 Å². The van der Waals surface area contributed by atoms with Crippen molar-refractivity contribution in [1.29, 1.82) is 0 Å². The van der Waals surface area contributed by atoms with Crippen molar-refractivity contribution in [3.8, 4) is 5.75 Å². The maximum absolute atomic E-state index is 12.3. The highest BCUT2D eigenvalue weighted by Crippen LogP contribution is 2.34. The lowest BCUT2D eigenvalue weighted by Crippen LogP contribution is -2.36. The molecule has 1 atom stereocenters. The van der Waals surface area contributed by atoms with Crippen molar-refractivity contribution in [2.24, 2.45) is 5.41 Å². The topological polar surface area (TPSA) is 69.6 Å². The van der Waals surface area contributed by atoms with Crippen molar-refractivity contribution in [3.05, 3.63) is 65.7 Å². The van der Waals surface area contributed by atoms with Gasteiger partial charge < -0.3 is 15.5 Å². The highest BCUT2D eigenvalue weighted by molar-refractivity contribution is 5.96. The first-order chi connectivity index (χ1) is 11.0. The van der Waals surface area contributed by atoms with Crippen molar-refractivity contribution in [2.45, 2.75) is 19.8 Å². The predicted octanol–water partition coefficient (Wildman–Crippen LogP) is 2.92. The summed E-state index contributed by atoms with van der Waals surface area (Å²) in [6.07, 6.45) is 0. The van der Waals surface area contributed by atoms with Gasteiger partial charge in [-0.2, -0.15) is 0 Å². The fourth-order valence-corrected chi connectivity index (χ4v) is 2.60. The summed E-state index contributed by atoms with van der Waals surface area (Å²) >= 11 is 0. The normalized spacial score (nSPS) is 12.7. The number of carbonyl (C=O) groups is 1. The number of aliphatic hydroxyl groups is 1.